The van der Waals surface area contributed by atoms with Gasteiger partial charge >= 0.3 is 0 Å². The average molecular weight is 328 g/mol. The second-order valence-electron chi connectivity index (χ2n) is 7.11. The number of aromatic hydroxyl groups is 1. The van der Waals surface area contributed by atoms with Gasteiger partial charge < -0.3 is 19.6 Å². The van der Waals surface area contributed by atoms with Gasteiger partial charge in [-0.25, -0.2) is 0 Å². The predicted molar refractivity (Wildman–Crippen MR) is 97.0 cm³/mol. The third-order valence-electron chi connectivity index (χ3n) is 5.11. The molecule has 1 fully saturated rings. The van der Waals surface area contributed by atoms with Crippen molar-refractivity contribution in [1.82, 2.24) is 9.80 Å². The van der Waals surface area contributed by atoms with E-state index in [4.69, 9.17) is 4.74 Å². The quantitative estimate of drug-likeness (QED) is 0.890. The molecule has 0 amide bonds. The van der Waals surface area contributed by atoms with E-state index in [2.05, 4.69) is 23.6 Å². The summed E-state index contributed by atoms with van der Waals surface area (Å²) >= 11 is 0. The maximum atomic E-state index is 9.62. The molecule has 3 rings (SSSR count). The fourth-order valence-electron chi connectivity index (χ4n) is 3.45. The molecule has 1 N–H and O–H groups in total. The molecular formula is C20H28N2O2. The van der Waals surface area contributed by atoms with Gasteiger partial charge in [0, 0.05) is 31.1 Å². The summed E-state index contributed by atoms with van der Waals surface area (Å²) in [5.74, 6) is 2.72. The number of phenolic OH excluding ortho intramolecular Hbond substituents is 1. The Morgan fingerprint density at radius 3 is 2.71 bits per heavy atom. The van der Waals surface area contributed by atoms with Crippen molar-refractivity contribution in [1.29, 1.82) is 0 Å². The first-order valence-electron chi connectivity index (χ1n) is 8.94. The van der Waals surface area contributed by atoms with Crippen molar-refractivity contribution in [2.45, 2.75) is 26.7 Å². The molecule has 2 heterocycles. The number of hydrogen-bond donors (Lipinski definition) is 1. The molecule has 4 nitrogen and oxygen atoms in total. The average Bonchev–Trinajstić information content (AvgIpc) is 2.60. The van der Waals surface area contributed by atoms with Crippen LogP contribution in [-0.2, 0) is 4.74 Å². The van der Waals surface area contributed by atoms with Crippen LogP contribution in [0.4, 0.5) is 0 Å². The highest BCUT2D eigenvalue weighted by Gasteiger charge is 2.21. The third-order valence-corrected chi connectivity index (χ3v) is 5.11. The summed E-state index contributed by atoms with van der Waals surface area (Å²) in [6.45, 7) is 9.12. The highest BCUT2D eigenvalue weighted by molar-refractivity contribution is 5.62. The van der Waals surface area contributed by atoms with E-state index in [0.29, 0.717) is 0 Å². The monoisotopic (exact) mass is 328 g/mol. The Morgan fingerprint density at radius 2 is 2.00 bits per heavy atom. The lowest BCUT2D eigenvalue weighted by Crippen LogP contribution is -2.38. The van der Waals surface area contributed by atoms with E-state index in [9.17, 15) is 5.11 Å². The molecule has 0 atom stereocenters. The largest absolute Gasteiger partial charge is 0.508 e. The fourth-order valence-corrected chi connectivity index (χ4v) is 3.45. The van der Waals surface area contributed by atoms with Gasteiger partial charge in [0.25, 0.3) is 0 Å². The van der Waals surface area contributed by atoms with Crippen molar-refractivity contribution < 1.29 is 9.84 Å². The maximum absolute atomic E-state index is 9.62. The van der Waals surface area contributed by atoms with Crippen LogP contribution in [0, 0.1) is 11.8 Å². The third kappa shape index (κ3) is 4.32. The molecule has 1 aromatic carbocycles. The Morgan fingerprint density at radius 1 is 1.21 bits per heavy atom. The number of phenols is 1. The van der Waals surface area contributed by atoms with Crippen LogP contribution in [0.15, 0.2) is 42.9 Å². The lowest BCUT2D eigenvalue weighted by atomic mass is 9.87. The van der Waals surface area contributed by atoms with Gasteiger partial charge in [-0.3, -0.25) is 0 Å². The Hall–Kier alpha value is -1.94. The van der Waals surface area contributed by atoms with Crippen LogP contribution in [0.25, 0.3) is 5.76 Å². The van der Waals surface area contributed by atoms with Crippen LogP contribution in [0.3, 0.4) is 0 Å². The molecule has 24 heavy (non-hydrogen) atoms. The molecule has 2 aliphatic rings. The molecule has 0 aromatic heterocycles. The van der Waals surface area contributed by atoms with E-state index in [1.165, 1.54) is 25.9 Å². The number of piperidine rings is 1. The van der Waals surface area contributed by atoms with Crippen LogP contribution in [0.2, 0.25) is 0 Å². The van der Waals surface area contributed by atoms with Crippen LogP contribution >= 0.6 is 0 Å². The zero-order chi connectivity index (χ0) is 16.9. The van der Waals surface area contributed by atoms with Crippen LogP contribution in [0.5, 0.6) is 5.75 Å². The highest BCUT2D eigenvalue weighted by atomic mass is 16.5. The molecule has 4 heteroatoms. The lowest BCUT2D eigenvalue weighted by molar-refractivity contribution is 0.151. The molecule has 1 saturated heterocycles. The first kappa shape index (κ1) is 16.9. The molecular weight excluding hydrogens is 300 g/mol. The summed E-state index contributed by atoms with van der Waals surface area (Å²) in [6, 6.07) is 7.16. The number of ether oxygens (including phenoxy) is 1. The molecule has 0 saturated carbocycles. The molecule has 2 aliphatic heterocycles. The normalized spacial score (nSPS) is 19.5. The van der Waals surface area contributed by atoms with Crippen LogP contribution in [-0.4, -0.2) is 41.1 Å². The van der Waals surface area contributed by atoms with E-state index in [-0.39, 0.29) is 5.75 Å². The Bertz CT molecular complexity index is 601. The first-order valence-corrected chi connectivity index (χ1v) is 8.94. The van der Waals surface area contributed by atoms with Crippen molar-refractivity contribution in [3.05, 3.63) is 48.5 Å². The van der Waals surface area contributed by atoms with E-state index in [1.807, 2.05) is 24.5 Å². The van der Waals surface area contributed by atoms with Gasteiger partial charge in [0.1, 0.15) is 17.8 Å². The van der Waals surface area contributed by atoms with Crippen molar-refractivity contribution in [2.24, 2.45) is 11.8 Å². The highest BCUT2D eigenvalue weighted by Crippen LogP contribution is 2.25. The minimum Gasteiger partial charge on any atom is -0.508 e. The van der Waals surface area contributed by atoms with Crippen LogP contribution in [0.1, 0.15) is 32.3 Å². The zero-order valence-electron chi connectivity index (χ0n) is 14.7. The second kappa shape index (κ2) is 7.75. The van der Waals surface area contributed by atoms with Crippen molar-refractivity contribution in [3.8, 4) is 5.75 Å². The SMILES string of the molecule is CC(C)C1CCN(CCN2C=COC(c3cccc(O)c3)=C2)CC1. The van der Waals surface area contributed by atoms with Gasteiger partial charge in [-0.05, 0) is 49.9 Å². The molecule has 130 valence electrons. The minimum atomic E-state index is 0.256. The van der Waals surface area contributed by atoms with Gasteiger partial charge in [-0.1, -0.05) is 26.0 Å². The Kier molecular flexibility index (Phi) is 5.46. The zero-order valence-corrected chi connectivity index (χ0v) is 14.7. The summed E-state index contributed by atoms with van der Waals surface area (Å²) in [5, 5.41) is 9.62. The standard InChI is InChI=1S/C20H28N2O2/c1-16(2)17-6-8-21(9-7-17)10-11-22-12-13-24-20(15-22)18-4-3-5-19(23)14-18/h3-5,12-17,23H,6-11H2,1-2H3. The molecule has 0 bridgehead atoms. The number of benzene rings is 1. The predicted octanol–water partition coefficient (Wildman–Crippen LogP) is 3.86. The lowest BCUT2D eigenvalue weighted by Gasteiger charge is -2.34. The van der Waals surface area contributed by atoms with Gasteiger partial charge in [-0.15, -0.1) is 0 Å². The number of nitrogens with zero attached hydrogens (tertiary/aromatic N) is 2. The summed E-state index contributed by atoms with van der Waals surface area (Å²) in [7, 11) is 0. The van der Waals surface area contributed by atoms with Crippen molar-refractivity contribution >= 4 is 5.76 Å². The number of likely N-dealkylation sites (tertiary alicyclic amines) is 1. The molecule has 0 unspecified atom stereocenters. The van der Waals surface area contributed by atoms with Crippen molar-refractivity contribution in [3.63, 3.8) is 0 Å². The summed E-state index contributed by atoms with van der Waals surface area (Å²) in [6.07, 6.45) is 8.33. The van der Waals surface area contributed by atoms with Crippen molar-refractivity contribution in [2.75, 3.05) is 26.2 Å². The molecule has 0 spiro atoms. The van der Waals surface area contributed by atoms with Gasteiger partial charge in [0.2, 0.25) is 0 Å². The van der Waals surface area contributed by atoms with E-state index >= 15 is 0 Å². The number of rotatable bonds is 5. The summed E-state index contributed by atoms with van der Waals surface area (Å²) in [5.41, 5.74) is 0.891. The number of hydrogen-bond acceptors (Lipinski definition) is 4. The summed E-state index contributed by atoms with van der Waals surface area (Å²) in [4.78, 5) is 4.72. The molecule has 1 aromatic rings. The summed E-state index contributed by atoms with van der Waals surface area (Å²) < 4.78 is 5.60. The molecule has 0 aliphatic carbocycles. The van der Waals surface area contributed by atoms with Gasteiger partial charge in [0.05, 0.1) is 0 Å². The van der Waals surface area contributed by atoms with E-state index < -0.39 is 0 Å². The van der Waals surface area contributed by atoms with Gasteiger partial charge in [0.15, 0.2) is 0 Å². The van der Waals surface area contributed by atoms with Crippen LogP contribution < -0.4 is 0 Å². The minimum absolute atomic E-state index is 0.256. The smallest absolute Gasteiger partial charge is 0.150 e. The second-order valence-corrected chi connectivity index (χ2v) is 7.11. The van der Waals surface area contributed by atoms with Gasteiger partial charge in [-0.2, -0.15) is 0 Å². The Labute approximate surface area is 145 Å². The first-order chi connectivity index (χ1) is 11.6. The molecule has 0 radical (unpaired) electrons. The van der Waals surface area contributed by atoms with E-state index in [1.54, 1.807) is 18.4 Å². The van der Waals surface area contributed by atoms with E-state index in [0.717, 1.165) is 36.2 Å². The maximum Gasteiger partial charge on any atom is 0.150 e. The fraction of sp³-hybridized carbons (Fsp3) is 0.500. The topological polar surface area (TPSA) is 35.9 Å². The Balaban J connectivity index is 1.52.